The van der Waals surface area contributed by atoms with Gasteiger partial charge in [-0.25, -0.2) is 4.39 Å². The molecule has 2 aromatic rings. The largest absolute Gasteiger partial charge is 0.496 e. The summed E-state index contributed by atoms with van der Waals surface area (Å²) in [6, 6.07) is 14.0. The highest BCUT2D eigenvalue weighted by Crippen LogP contribution is 2.19. The first-order valence-corrected chi connectivity index (χ1v) is 9.22. The second kappa shape index (κ2) is 8.86. The van der Waals surface area contributed by atoms with Crippen molar-refractivity contribution < 1.29 is 13.9 Å². The lowest BCUT2D eigenvalue weighted by Gasteiger charge is -2.38. The number of nitrogens with one attached hydrogen (secondary N) is 1. The Morgan fingerprint density at radius 3 is 2.44 bits per heavy atom. The maximum atomic E-state index is 13.1. The molecule has 0 aliphatic carbocycles. The Morgan fingerprint density at radius 2 is 1.78 bits per heavy atom. The van der Waals surface area contributed by atoms with Crippen LogP contribution in [0, 0.1) is 5.82 Å². The van der Waals surface area contributed by atoms with Crippen LogP contribution in [0.5, 0.6) is 5.75 Å². The number of carbonyl (C=O) groups is 1. The number of methoxy groups -OCH3 is 1. The van der Waals surface area contributed by atoms with E-state index in [2.05, 4.69) is 15.1 Å². The molecule has 0 aromatic heterocycles. The van der Waals surface area contributed by atoms with E-state index in [-0.39, 0.29) is 17.8 Å². The molecule has 27 heavy (non-hydrogen) atoms. The highest BCUT2D eigenvalue weighted by Gasteiger charge is 2.25. The number of para-hydroxylation sites is 1. The molecule has 5 nitrogen and oxygen atoms in total. The average Bonchev–Trinajstić information content (AvgIpc) is 2.72. The zero-order valence-corrected chi connectivity index (χ0v) is 15.8. The molecule has 6 heteroatoms. The third-order valence-electron chi connectivity index (χ3n) is 5.08. The van der Waals surface area contributed by atoms with Gasteiger partial charge >= 0.3 is 0 Å². The van der Waals surface area contributed by atoms with Gasteiger partial charge in [-0.15, -0.1) is 0 Å². The summed E-state index contributed by atoms with van der Waals surface area (Å²) >= 11 is 0. The molecule has 1 fully saturated rings. The lowest BCUT2D eigenvalue weighted by Crippen LogP contribution is -2.53. The number of anilines is 1. The molecule has 3 rings (SSSR count). The van der Waals surface area contributed by atoms with Crippen molar-refractivity contribution in [1.29, 1.82) is 0 Å². The standard InChI is InChI=1S/C21H26FN3O2/c1-16(21(26)23-15-17-5-3-4-6-20(17)27-2)24-11-13-25(14-12-24)19-9-7-18(22)8-10-19/h3-10,16H,11-15H2,1-2H3,(H,23,26)/t16-/m0/s1. The van der Waals surface area contributed by atoms with Crippen molar-refractivity contribution >= 4 is 11.6 Å². The Hall–Kier alpha value is -2.60. The van der Waals surface area contributed by atoms with Crippen LogP contribution < -0.4 is 15.0 Å². The molecule has 1 atom stereocenters. The summed E-state index contributed by atoms with van der Waals surface area (Å²) in [6.45, 7) is 5.60. The van der Waals surface area contributed by atoms with E-state index >= 15 is 0 Å². The van der Waals surface area contributed by atoms with Crippen LogP contribution in [-0.2, 0) is 11.3 Å². The van der Waals surface area contributed by atoms with Crippen LogP contribution in [-0.4, -0.2) is 50.1 Å². The van der Waals surface area contributed by atoms with Crippen molar-refractivity contribution in [2.75, 3.05) is 38.2 Å². The molecule has 1 N–H and O–H groups in total. The first-order chi connectivity index (χ1) is 13.1. The Balaban J connectivity index is 1.50. The third kappa shape index (κ3) is 4.77. The van der Waals surface area contributed by atoms with Gasteiger partial charge in [0.15, 0.2) is 0 Å². The summed E-state index contributed by atoms with van der Waals surface area (Å²) in [6.07, 6.45) is 0. The highest BCUT2D eigenvalue weighted by atomic mass is 19.1. The Morgan fingerprint density at radius 1 is 1.11 bits per heavy atom. The molecule has 1 amide bonds. The van der Waals surface area contributed by atoms with Gasteiger partial charge in [-0.2, -0.15) is 0 Å². The van der Waals surface area contributed by atoms with Gasteiger partial charge in [0.05, 0.1) is 13.2 Å². The molecule has 1 saturated heterocycles. The molecule has 0 unspecified atom stereocenters. The summed E-state index contributed by atoms with van der Waals surface area (Å²) < 4.78 is 18.4. The first kappa shape index (κ1) is 19.2. The zero-order chi connectivity index (χ0) is 19.2. The van der Waals surface area contributed by atoms with E-state index in [9.17, 15) is 9.18 Å². The van der Waals surface area contributed by atoms with Crippen molar-refractivity contribution in [2.45, 2.75) is 19.5 Å². The fourth-order valence-electron chi connectivity index (χ4n) is 3.36. The number of benzene rings is 2. The van der Waals surface area contributed by atoms with Crippen LogP contribution in [0.15, 0.2) is 48.5 Å². The van der Waals surface area contributed by atoms with Gasteiger partial charge in [0.2, 0.25) is 5.91 Å². The molecule has 1 aliphatic heterocycles. The molecular weight excluding hydrogens is 345 g/mol. The number of nitrogens with zero attached hydrogens (tertiary/aromatic N) is 2. The van der Waals surface area contributed by atoms with Gasteiger partial charge in [0.25, 0.3) is 0 Å². The van der Waals surface area contributed by atoms with Crippen molar-refractivity contribution in [1.82, 2.24) is 10.2 Å². The highest BCUT2D eigenvalue weighted by molar-refractivity contribution is 5.81. The average molecular weight is 371 g/mol. The Bertz CT molecular complexity index is 758. The zero-order valence-electron chi connectivity index (χ0n) is 15.8. The normalized spacial score (nSPS) is 16.0. The second-order valence-corrected chi connectivity index (χ2v) is 6.71. The van der Waals surface area contributed by atoms with Crippen molar-refractivity contribution in [3.63, 3.8) is 0 Å². The van der Waals surface area contributed by atoms with E-state index in [4.69, 9.17) is 4.74 Å². The first-order valence-electron chi connectivity index (χ1n) is 9.22. The third-order valence-corrected chi connectivity index (χ3v) is 5.08. The molecular formula is C21H26FN3O2. The predicted octanol–water partition coefficient (Wildman–Crippen LogP) is 2.66. The SMILES string of the molecule is COc1ccccc1CNC(=O)[C@H](C)N1CCN(c2ccc(F)cc2)CC1. The maximum Gasteiger partial charge on any atom is 0.237 e. The minimum atomic E-state index is -0.224. The van der Waals surface area contributed by atoms with Gasteiger partial charge in [-0.05, 0) is 37.3 Å². The van der Waals surface area contributed by atoms with Gasteiger partial charge in [0.1, 0.15) is 11.6 Å². The van der Waals surface area contributed by atoms with E-state index in [0.717, 1.165) is 43.2 Å². The van der Waals surface area contributed by atoms with Crippen molar-refractivity contribution in [3.8, 4) is 5.75 Å². The minimum Gasteiger partial charge on any atom is -0.496 e. The number of hydrogen-bond acceptors (Lipinski definition) is 4. The molecule has 144 valence electrons. The van der Waals surface area contributed by atoms with E-state index in [1.807, 2.05) is 31.2 Å². The monoisotopic (exact) mass is 371 g/mol. The fraction of sp³-hybridized carbons (Fsp3) is 0.381. The second-order valence-electron chi connectivity index (χ2n) is 6.71. The molecule has 0 bridgehead atoms. The van der Waals surface area contributed by atoms with E-state index in [1.54, 1.807) is 19.2 Å². The molecule has 1 heterocycles. The molecule has 2 aromatic carbocycles. The number of hydrogen-bond donors (Lipinski definition) is 1. The minimum absolute atomic E-state index is 0.0103. The lowest BCUT2D eigenvalue weighted by atomic mass is 10.1. The smallest absolute Gasteiger partial charge is 0.237 e. The lowest BCUT2D eigenvalue weighted by molar-refractivity contribution is -0.126. The summed E-state index contributed by atoms with van der Waals surface area (Å²) in [5.41, 5.74) is 1.98. The summed E-state index contributed by atoms with van der Waals surface area (Å²) in [5.74, 6) is 0.562. The number of ether oxygens (including phenoxy) is 1. The van der Waals surface area contributed by atoms with Gasteiger partial charge < -0.3 is 15.0 Å². The molecule has 0 spiro atoms. The van der Waals surface area contributed by atoms with Crippen molar-refractivity contribution in [2.24, 2.45) is 0 Å². The van der Waals surface area contributed by atoms with E-state index < -0.39 is 0 Å². The Labute approximate surface area is 159 Å². The van der Waals surface area contributed by atoms with Crippen LogP contribution in [0.25, 0.3) is 0 Å². The van der Waals surface area contributed by atoms with Crippen LogP contribution in [0.2, 0.25) is 0 Å². The van der Waals surface area contributed by atoms with Gasteiger partial charge in [0, 0.05) is 44.0 Å². The number of amides is 1. The van der Waals surface area contributed by atoms with Crippen LogP contribution in [0.1, 0.15) is 12.5 Å². The van der Waals surface area contributed by atoms with Crippen LogP contribution in [0.4, 0.5) is 10.1 Å². The Kier molecular flexibility index (Phi) is 6.29. The predicted molar refractivity (Wildman–Crippen MR) is 104 cm³/mol. The molecule has 0 saturated carbocycles. The molecule has 0 radical (unpaired) electrons. The van der Waals surface area contributed by atoms with E-state index in [1.165, 1.54) is 12.1 Å². The fourth-order valence-corrected chi connectivity index (χ4v) is 3.36. The number of piperazine rings is 1. The summed E-state index contributed by atoms with van der Waals surface area (Å²) in [7, 11) is 1.63. The number of rotatable bonds is 6. The van der Waals surface area contributed by atoms with Crippen LogP contribution in [0.3, 0.4) is 0 Å². The van der Waals surface area contributed by atoms with Gasteiger partial charge in [-0.1, -0.05) is 18.2 Å². The maximum absolute atomic E-state index is 13.1. The summed E-state index contributed by atoms with van der Waals surface area (Å²) in [5, 5.41) is 3.00. The van der Waals surface area contributed by atoms with Gasteiger partial charge in [-0.3, -0.25) is 9.69 Å². The quantitative estimate of drug-likeness (QED) is 0.848. The van der Waals surface area contributed by atoms with E-state index in [0.29, 0.717) is 6.54 Å². The number of halogens is 1. The number of carbonyl (C=O) groups excluding carboxylic acids is 1. The molecule has 1 aliphatic rings. The summed E-state index contributed by atoms with van der Waals surface area (Å²) in [4.78, 5) is 17.0. The van der Waals surface area contributed by atoms with Crippen LogP contribution >= 0.6 is 0 Å². The topological polar surface area (TPSA) is 44.8 Å². The van der Waals surface area contributed by atoms with Crippen molar-refractivity contribution in [3.05, 3.63) is 59.9 Å².